The number of hydrogen-bond donors (Lipinski definition) is 2. The van der Waals surface area contributed by atoms with Crippen molar-refractivity contribution in [3.63, 3.8) is 0 Å². The highest BCUT2D eigenvalue weighted by Gasteiger charge is 2.08. The molecule has 2 aromatic rings. The Balaban J connectivity index is 2.26. The first-order chi connectivity index (χ1) is 9.77. The average molecular weight is 306 g/mol. The predicted molar refractivity (Wildman–Crippen MR) is 78.0 cm³/mol. The fraction of sp³-hybridized carbons (Fsp3) is 0.143. The van der Waals surface area contributed by atoms with Crippen molar-refractivity contribution in [2.75, 3.05) is 0 Å². The molecule has 0 aliphatic heterocycles. The van der Waals surface area contributed by atoms with Gasteiger partial charge in [0, 0.05) is 0 Å². The van der Waals surface area contributed by atoms with E-state index in [0.29, 0.717) is 22.5 Å². The van der Waals surface area contributed by atoms with E-state index >= 15 is 0 Å². The van der Waals surface area contributed by atoms with E-state index in [0.717, 1.165) is 0 Å². The molecule has 0 saturated carbocycles. The number of aromatic hydroxyl groups is 1. The van der Waals surface area contributed by atoms with Gasteiger partial charge in [-0.05, 0) is 61.4 Å². The lowest BCUT2D eigenvalue weighted by molar-refractivity contribution is 0.467. The lowest BCUT2D eigenvalue weighted by Gasteiger charge is -2.03. The Labute approximate surface area is 122 Å². The maximum absolute atomic E-state index is 10.9. The van der Waals surface area contributed by atoms with Crippen molar-refractivity contribution in [1.29, 1.82) is 0 Å². The van der Waals surface area contributed by atoms with Crippen LogP contribution in [0.15, 0.2) is 51.5 Å². The van der Waals surface area contributed by atoms with Crippen LogP contribution in [0.25, 0.3) is 0 Å². The summed E-state index contributed by atoms with van der Waals surface area (Å²) in [6.07, 6.45) is 0. The minimum atomic E-state index is -4.20. The van der Waals surface area contributed by atoms with Crippen LogP contribution >= 0.6 is 0 Å². The van der Waals surface area contributed by atoms with Gasteiger partial charge in [-0.1, -0.05) is 0 Å². The normalized spacial score (nSPS) is 12.0. The van der Waals surface area contributed by atoms with Crippen LogP contribution in [-0.2, 0) is 10.1 Å². The van der Waals surface area contributed by atoms with Crippen molar-refractivity contribution in [3.05, 3.63) is 47.5 Å². The molecular weight excluding hydrogens is 292 g/mol. The van der Waals surface area contributed by atoms with Gasteiger partial charge in [-0.25, -0.2) is 0 Å². The zero-order chi connectivity index (χ0) is 15.6. The molecule has 2 aromatic carbocycles. The third-order valence-corrected chi connectivity index (χ3v) is 3.76. The number of rotatable bonds is 3. The molecule has 110 valence electrons. The molecular formula is C14H14N2O4S. The van der Waals surface area contributed by atoms with Crippen molar-refractivity contribution < 1.29 is 18.1 Å². The predicted octanol–water partition coefficient (Wildman–Crippen LogP) is 3.67. The quantitative estimate of drug-likeness (QED) is 0.667. The van der Waals surface area contributed by atoms with Crippen LogP contribution in [0.1, 0.15) is 11.1 Å². The van der Waals surface area contributed by atoms with Crippen LogP contribution in [-0.4, -0.2) is 18.1 Å². The second-order valence-corrected chi connectivity index (χ2v) is 6.02. The molecule has 0 amide bonds. The molecule has 2 N–H and O–H groups in total. The summed E-state index contributed by atoms with van der Waals surface area (Å²) in [5, 5.41) is 17.7. The zero-order valence-electron chi connectivity index (χ0n) is 11.5. The van der Waals surface area contributed by atoms with E-state index in [9.17, 15) is 13.5 Å². The Hall–Kier alpha value is -2.25. The van der Waals surface area contributed by atoms with Crippen molar-refractivity contribution in [3.8, 4) is 5.75 Å². The number of phenolic OH excluding ortho intramolecular Hbond substituents is 1. The SMILES string of the molecule is Cc1cc(N=Nc2ccc(S(=O)(=O)O)cc2)cc(C)c1O. The number of nitrogens with zero attached hydrogens (tertiary/aromatic N) is 2. The second kappa shape index (κ2) is 5.63. The van der Waals surface area contributed by atoms with Crippen LogP contribution < -0.4 is 0 Å². The van der Waals surface area contributed by atoms with E-state index in [1.165, 1.54) is 24.3 Å². The molecule has 0 unspecified atom stereocenters. The minimum absolute atomic E-state index is 0.197. The smallest absolute Gasteiger partial charge is 0.294 e. The number of phenols is 1. The molecule has 0 fully saturated rings. The Morgan fingerprint density at radius 3 is 1.86 bits per heavy atom. The molecule has 0 aliphatic rings. The molecule has 0 bridgehead atoms. The third kappa shape index (κ3) is 3.65. The van der Waals surface area contributed by atoms with Gasteiger partial charge in [-0.15, -0.1) is 0 Å². The van der Waals surface area contributed by atoms with Gasteiger partial charge < -0.3 is 5.11 Å². The molecule has 0 aliphatic carbocycles. The average Bonchev–Trinajstić information content (AvgIpc) is 2.42. The van der Waals surface area contributed by atoms with Crippen molar-refractivity contribution in [2.45, 2.75) is 18.7 Å². The molecule has 6 nitrogen and oxygen atoms in total. The number of azo groups is 1. The van der Waals surface area contributed by atoms with Crippen molar-refractivity contribution in [2.24, 2.45) is 10.2 Å². The van der Waals surface area contributed by atoms with Gasteiger partial charge in [0.1, 0.15) is 5.75 Å². The molecule has 21 heavy (non-hydrogen) atoms. The van der Waals surface area contributed by atoms with Crippen LogP contribution in [0.5, 0.6) is 5.75 Å². The van der Waals surface area contributed by atoms with E-state index in [4.69, 9.17) is 4.55 Å². The van der Waals surface area contributed by atoms with Crippen molar-refractivity contribution in [1.82, 2.24) is 0 Å². The topological polar surface area (TPSA) is 99.3 Å². The standard InChI is InChI=1S/C14H14N2O4S/c1-9-7-12(8-10(2)14(9)17)16-15-11-3-5-13(6-4-11)21(18,19)20/h3-8,17H,1-2H3,(H,18,19,20). The molecule has 0 aromatic heterocycles. The second-order valence-electron chi connectivity index (χ2n) is 4.60. The number of benzene rings is 2. The van der Waals surface area contributed by atoms with Gasteiger partial charge in [0.2, 0.25) is 0 Å². The molecule has 0 saturated heterocycles. The largest absolute Gasteiger partial charge is 0.507 e. The molecule has 0 spiro atoms. The summed E-state index contributed by atoms with van der Waals surface area (Å²) in [5.74, 6) is 0.228. The first-order valence-electron chi connectivity index (χ1n) is 6.07. The Morgan fingerprint density at radius 1 is 0.905 bits per heavy atom. The van der Waals surface area contributed by atoms with Gasteiger partial charge in [-0.3, -0.25) is 4.55 Å². The highest BCUT2D eigenvalue weighted by atomic mass is 32.2. The fourth-order valence-electron chi connectivity index (χ4n) is 1.79. The van der Waals surface area contributed by atoms with E-state index in [2.05, 4.69) is 10.2 Å². The summed E-state index contributed by atoms with van der Waals surface area (Å²) in [4.78, 5) is -0.197. The summed E-state index contributed by atoms with van der Waals surface area (Å²) < 4.78 is 30.7. The van der Waals surface area contributed by atoms with Gasteiger partial charge in [0.05, 0.1) is 16.3 Å². The van der Waals surface area contributed by atoms with E-state index in [-0.39, 0.29) is 10.6 Å². The Bertz CT molecular complexity index is 773. The van der Waals surface area contributed by atoms with E-state index in [1.807, 2.05) is 0 Å². The first kappa shape index (κ1) is 15.1. The summed E-state index contributed by atoms with van der Waals surface area (Å²) in [5.41, 5.74) is 2.43. The van der Waals surface area contributed by atoms with E-state index in [1.54, 1.807) is 26.0 Å². The molecule has 7 heteroatoms. The highest BCUT2D eigenvalue weighted by molar-refractivity contribution is 7.85. The lowest BCUT2D eigenvalue weighted by Crippen LogP contribution is -1.96. The summed E-state index contributed by atoms with van der Waals surface area (Å²) >= 11 is 0. The van der Waals surface area contributed by atoms with Gasteiger partial charge in [0.15, 0.2) is 0 Å². The minimum Gasteiger partial charge on any atom is -0.507 e. The maximum Gasteiger partial charge on any atom is 0.294 e. The van der Waals surface area contributed by atoms with Gasteiger partial charge in [0.25, 0.3) is 10.1 Å². The number of aryl methyl sites for hydroxylation is 2. The third-order valence-electron chi connectivity index (χ3n) is 2.89. The molecule has 0 atom stereocenters. The monoisotopic (exact) mass is 306 g/mol. The van der Waals surface area contributed by atoms with Crippen LogP contribution in [0.4, 0.5) is 11.4 Å². The highest BCUT2D eigenvalue weighted by Crippen LogP contribution is 2.28. The number of hydrogen-bond acceptors (Lipinski definition) is 5. The zero-order valence-corrected chi connectivity index (χ0v) is 12.3. The molecule has 0 heterocycles. The Morgan fingerprint density at radius 2 is 1.38 bits per heavy atom. The summed E-state index contributed by atoms with van der Waals surface area (Å²) in [7, 11) is -4.20. The summed E-state index contributed by atoms with van der Waals surface area (Å²) in [6.45, 7) is 3.53. The molecule has 0 radical (unpaired) electrons. The van der Waals surface area contributed by atoms with Crippen LogP contribution in [0.2, 0.25) is 0 Å². The van der Waals surface area contributed by atoms with Crippen LogP contribution in [0.3, 0.4) is 0 Å². The van der Waals surface area contributed by atoms with E-state index < -0.39 is 10.1 Å². The van der Waals surface area contributed by atoms with Gasteiger partial charge >= 0.3 is 0 Å². The van der Waals surface area contributed by atoms with Crippen molar-refractivity contribution >= 4 is 21.5 Å². The maximum atomic E-state index is 10.9. The first-order valence-corrected chi connectivity index (χ1v) is 7.51. The summed E-state index contributed by atoms with van der Waals surface area (Å²) in [6, 6.07) is 8.75. The lowest BCUT2D eigenvalue weighted by atomic mass is 10.1. The van der Waals surface area contributed by atoms with Gasteiger partial charge in [-0.2, -0.15) is 18.6 Å². The van der Waals surface area contributed by atoms with Crippen LogP contribution in [0, 0.1) is 13.8 Å². The Kier molecular flexibility index (Phi) is 4.06. The molecule has 2 rings (SSSR count). The fourth-order valence-corrected chi connectivity index (χ4v) is 2.27.